The smallest absolute Gasteiger partial charge is 0.434 e. The van der Waals surface area contributed by atoms with Crippen molar-refractivity contribution in [1.29, 1.82) is 0 Å². The molecule has 29 heavy (non-hydrogen) atoms. The Morgan fingerprint density at radius 3 is 2.45 bits per heavy atom. The Balaban J connectivity index is 0.00000784. The molecule has 7 nitrogen and oxygen atoms in total. The molecule has 0 aliphatic rings. The molecule has 0 aromatic carbocycles. The number of aliphatic imine (C=N–C) groups is 1. The fourth-order valence-electron chi connectivity index (χ4n) is 2.01. The predicted octanol–water partition coefficient (Wildman–Crippen LogP) is 4.09. The van der Waals surface area contributed by atoms with Crippen molar-refractivity contribution in [1.82, 2.24) is 20.5 Å². The lowest BCUT2D eigenvalue weighted by Crippen LogP contribution is -2.42. The number of ether oxygens (including phenoxy) is 1. The van der Waals surface area contributed by atoms with Gasteiger partial charge in [0.05, 0.1) is 6.54 Å². The van der Waals surface area contributed by atoms with Crippen LogP contribution >= 0.6 is 35.3 Å². The number of nitrogens with one attached hydrogen (secondary N) is 2. The Morgan fingerprint density at radius 2 is 1.97 bits per heavy atom. The van der Waals surface area contributed by atoms with Crippen molar-refractivity contribution in [2.24, 2.45) is 4.99 Å². The summed E-state index contributed by atoms with van der Waals surface area (Å²) in [6.07, 6.45) is -4.21. The lowest BCUT2D eigenvalue weighted by atomic mass is 10.2. The lowest BCUT2D eigenvalue weighted by Gasteiger charge is -2.28. The van der Waals surface area contributed by atoms with Gasteiger partial charge in [-0.15, -0.1) is 35.3 Å². The molecule has 0 aliphatic carbocycles. The van der Waals surface area contributed by atoms with Crippen molar-refractivity contribution < 1.29 is 22.7 Å². The SMILES string of the molecule is CN=C(NCCC(C)N(C)C(=O)OC(C)(C)C)NCc1nc(C(F)(F)F)cs1.I. The molecule has 0 bridgehead atoms. The standard InChI is InChI=1S/C17H28F3N5O2S.HI/c1-11(25(6)15(26)27-16(2,3)4)7-8-22-14(21-5)23-9-13-24-12(10-28-13)17(18,19)20;/h10-11H,7-9H2,1-6H3,(H2,21,22,23);1H. The Morgan fingerprint density at radius 1 is 1.34 bits per heavy atom. The largest absolute Gasteiger partial charge is 0.444 e. The molecule has 1 amide bonds. The molecule has 0 fully saturated rings. The summed E-state index contributed by atoms with van der Waals surface area (Å²) in [7, 11) is 3.24. The fourth-order valence-corrected chi connectivity index (χ4v) is 2.75. The number of carbonyl (C=O) groups excluding carboxylic acids is 1. The van der Waals surface area contributed by atoms with E-state index >= 15 is 0 Å². The van der Waals surface area contributed by atoms with E-state index in [-0.39, 0.29) is 36.6 Å². The van der Waals surface area contributed by atoms with Gasteiger partial charge in [-0.05, 0) is 34.1 Å². The van der Waals surface area contributed by atoms with E-state index in [4.69, 9.17) is 4.74 Å². The topological polar surface area (TPSA) is 78.9 Å². The van der Waals surface area contributed by atoms with Gasteiger partial charge in [0.25, 0.3) is 0 Å². The van der Waals surface area contributed by atoms with Crippen molar-refractivity contribution >= 4 is 47.4 Å². The van der Waals surface area contributed by atoms with Gasteiger partial charge in [-0.1, -0.05) is 0 Å². The first-order chi connectivity index (χ1) is 12.8. The van der Waals surface area contributed by atoms with Crippen LogP contribution in [0.4, 0.5) is 18.0 Å². The number of hydrogen-bond acceptors (Lipinski definition) is 5. The number of guanidine groups is 1. The first-order valence-electron chi connectivity index (χ1n) is 8.75. The van der Waals surface area contributed by atoms with Gasteiger partial charge in [-0.3, -0.25) is 4.99 Å². The Bertz CT molecular complexity index is 677. The van der Waals surface area contributed by atoms with Crippen molar-refractivity contribution in [3.63, 3.8) is 0 Å². The van der Waals surface area contributed by atoms with Crippen molar-refractivity contribution in [2.45, 2.75) is 58.5 Å². The monoisotopic (exact) mass is 551 g/mol. The number of hydrogen-bond donors (Lipinski definition) is 2. The quantitative estimate of drug-likeness (QED) is 0.317. The number of carbonyl (C=O) groups is 1. The maximum atomic E-state index is 12.6. The van der Waals surface area contributed by atoms with E-state index in [0.29, 0.717) is 23.9 Å². The van der Waals surface area contributed by atoms with Crippen molar-refractivity contribution in [2.75, 3.05) is 20.6 Å². The summed E-state index contributed by atoms with van der Waals surface area (Å²) in [6.45, 7) is 7.96. The van der Waals surface area contributed by atoms with Gasteiger partial charge in [-0.25, -0.2) is 9.78 Å². The van der Waals surface area contributed by atoms with Gasteiger partial charge in [0.2, 0.25) is 0 Å². The van der Waals surface area contributed by atoms with E-state index in [2.05, 4.69) is 20.6 Å². The summed E-state index contributed by atoms with van der Waals surface area (Å²) < 4.78 is 43.0. The number of aromatic nitrogens is 1. The summed E-state index contributed by atoms with van der Waals surface area (Å²) in [4.78, 5) is 21.2. The summed E-state index contributed by atoms with van der Waals surface area (Å²) in [5.74, 6) is 0.441. The molecular weight excluding hydrogens is 522 g/mol. The maximum Gasteiger partial charge on any atom is 0.434 e. The van der Waals surface area contributed by atoms with Crippen LogP contribution in [0, 0.1) is 0 Å². The van der Waals surface area contributed by atoms with E-state index in [1.165, 1.54) is 4.90 Å². The Hall–Kier alpha value is -1.31. The maximum absolute atomic E-state index is 12.6. The summed E-state index contributed by atoms with van der Waals surface area (Å²) in [6, 6.07) is -0.0752. The molecule has 0 saturated heterocycles. The molecule has 1 unspecified atom stereocenters. The number of nitrogens with zero attached hydrogens (tertiary/aromatic N) is 3. The van der Waals surface area contributed by atoms with Crippen LogP contribution in [0.3, 0.4) is 0 Å². The lowest BCUT2D eigenvalue weighted by molar-refractivity contribution is -0.140. The number of halogens is 4. The normalized spacial score (nSPS) is 13.3. The average molecular weight is 551 g/mol. The third-order valence-electron chi connectivity index (χ3n) is 3.67. The van der Waals surface area contributed by atoms with E-state index in [1.54, 1.807) is 34.9 Å². The highest BCUT2D eigenvalue weighted by atomic mass is 127. The minimum Gasteiger partial charge on any atom is -0.444 e. The first kappa shape index (κ1) is 27.7. The molecule has 1 atom stereocenters. The predicted molar refractivity (Wildman–Crippen MR) is 119 cm³/mol. The second-order valence-corrected chi connectivity index (χ2v) is 8.15. The van der Waals surface area contributed by atoms with Crippen LogP contribution in [0.15, 0.2) is 10.4 Å². The van der Waals surface area contributed by atoms with Crippen molar-refractivity contribution in [3.8, 4) is 0 Å². The van der Waals surface area contributed by atoms with Crippen LogP contribution in [-0.4, -0.2) is 54.2 Å². The first-order valence-corrected chi connectivity index (χ1v) is 9.63. The second-order valence-electron chi connectivity index (χ2n) is 7.21. The molecular formula is C17H29F3IN5O2S. The summed E-state index contributed by atoms with van der Waals surface area (Å²) in [5.41, 5.74) is -1.45. The molecule has 1 rings (SSSR count). The highest BCUT2D eigenvalue weighted by Crippen LogP contribution is 2.29. The molecule has 1 aromatic heterocycles. The average Bonchev–Trinajstić information content (AvgIpc) is 3.04. The van der Waals surface area contributed by atoms with E-state index in [9.17, 15) is 18.0 Å². The van der Waals surface area contributed by atoms with Gasteiger partial charge < -0.3 is 20.3 Å². The molecule has 0 radical (unpaired) electrons. The third-order valence-corrected chi connectivity index (χ3v) is 4.52. The molecule has 1 heterocycles. The number of amides is 1. The molecule has 0 spiro atoms. The van der Waals surface area contributed by atoms with E-state index in [1.807, 2.05) is 6.92 Å². The molecule has 0 saturated carbocycles. The fraction of sp³-hybridized carbons (Fsp3) is 0.706. The highest BCUT2D eigenvalue weighted by Gasteiger charge is 2.33. The highest BCUT2D eigenvalue weighted by molar-refractivity contribution is 14.0. The van der Waals surface area contributed by atoms with Crippen molar-refractivity contribution in [3.05, 3.63) is 16.1 Å². The Kier molecular flexibility index (Phi) is 11.2. The minimum absolute atomic E-state index is 0. The molecule has 168 valence electrons. The zero-order chi connectivity index (χ0) is 21.5. The summed E-state index contributed by atoms with van der Waals surface area (Å²) >= 11 is 0.935. The van der Waals surface area contributed by atoms with Gasteiger partial charge in [0.1, 0.15) is 10.6 Å². The van der Waals surface area contributed by atoms with E-state index < -0.39 is 23.6 Å². The van der Waals surface area contributed by atoms with Crippen LogP contribution in [0.1, 0.15) is 44.8 Å². The van der Waals surface area contributed by atoms with E-state index in [0.717, 1.165) is 16.7 Å². The van der Waals surface area contributed by atoms with Gasteiger partial charge in [0, 0.05) is 32.1 Å². The second kappa shape index (κ2) is 11.8. The molecule has 0 aliphatic heterocycles. The van der Waals surface area contributed by atoms with Crippen LogP contribution in [0.5, 0.6) is 0 Å². The number of alkyl halides is 3. The number of thiazole rings is 1. The Labute approximate surface area is 190 Å². The van der Waals surface area contributed by atoms with Gasteiger partial charge >= 0.3 is 12.3 Å². The third kappa shape index (κ3) is 10.3. The van der Waals surface area contributed by atoms with Crippen LogP contribution in [0.2, 0.25) is 0 Å². The molecule has 2 N–H and O–H groups in total. The van der Waals surface area contributed by atoms with Crippen LogP contribution < -0.4 is 10.6 Å². The zero-order valence-electron chi connectivity index (χ0n) is 17.4. The zero-order valence-corrected chi connectivity index (χ0v) is 20.5. The van der Waals surface area contributed by atoms with Gasteiger partial charge in [0.15, 0.2) is 11.7 Å². The van der Waals surface area contributed by atoms with Gasteiger partial charge in [-0.2, -0.15) is 13.2 Å². The minimum atomic E-state index is -4.44. The molecule has 1 aromatic rings. The molecule has 12 heteroatoms. The van der Waals surface area contributed by atoms with Crippen LogP contribution in [0.25, 0.3) is 0 Å². The summed E-state index contributed by atoms with van der Waals surface area (Å²) in [5, 5.41) is 7.29. The number of rotatable bonds is 6. The van der Waals surface area contributed by atoms with Crippen LogP contribution in [-0.2, 0) is 17.5 Å².